The van der Waals surface area contributed by atoms with Gasteiger partial charge in [0.2, 0.25) is 0 Å². The minimum atomic E-state index is -1.26. The Morgan fingerprint density at radius 1 is 0.600 bits per heavy atom. The van der Waals surface area contributed by atoms with Crippen molar-refractivity contribution in [1.29, 1.82) is 0 Å². The fourth-order valence-electron chi connectivity index (χ4n) is 5.11. The molecular formula is C46H74N2O12. The molecule has 0 bridgehead atoms. The number of carbonyl (C=O) groups is 4. The number of carbonyl (C=O) groups excluding carboxylic acids is 2. The molecule has 0 aliphatic heterocycles. The topological polar surface area (TPSA) is 210 Å². The van der Waals surface area contributed by atoms with Gasteiger partial charge in [-0.05, 0) is 63.1 Å². The van der Waals surface area contributed by atoms with Crippen LogP contribution in [0.15, 0.2) is 48.6 Å². The van der Waals surface area contributed by atoms with Crippen molar-refractivity contribution in [3.8, 4) is 11.5 Å². The van der Waals surface area contributed by atoms with Gasteiger partial charge in [0.1, 0.15) is 36.9 Å². The minimum absolute atomic E-state index is 0.0157. The van der Waals surface area contributed by atoms with Gasteiger partial charge in [0.15, 0.2) is 11.6 Å². The summed E-state index contributed by atoms with van der Waals surface area (Å²) in [4.78, 5) is 42.4. The SMILES string of the molecule is CCCCCCOCc1cc(C(C)=O)ccc1OCC(O)CNC(C)C.CCCCCCOCc1cc(C(C)=O)ccc1OCC(O)CNC(C)C.O=C(O)/C=C/C(=O)O. The van der Waals surface area contributed by atoms with Crippen molar-refractivity contribution in [2.75, 3.05) is 39.5 Å². The Kier molecular flexibility index (Phi) is 32.1. The van der Waals surface area contributed by atoms with Crippen molar-refractivity contribution in [3.63, 3.8) is 0 Å². The molecule has 2 unspecified atom stereocenters. The van der Waals surface area contributed by atoms with E-state index in [0.29, 0.717) is 86.4 Å². The Morgan fingerprint density at radius 3 is 1.27 bits per heavy atom. The summed E-state index contributed by atoms with van der Waals surface area (Å²) in [6.07, 6.45) is 9.20. The summed E-state index contributed by atoms with van der Waals surface area (Å²) in [5.74, 6) is -1.16. The lowest BCUT2D eigenvalue weighted by atomic mass is 10.1. The van der Waals surface area contributed by atoms with Gasteiger partial charge in [0, 0.05) is 72.8 Å². The van der Waals surface area contributed by atoms with E-state index < -0.39 is 24.1 Å². The average molecular weight is 847 g/mol. The summed E-state index contributed by atoms with van der Waals surface area (Å²) in [6, 6.07) is 11.4. The van der Waals surface area contributed by atoms with Crippen LogP contribution in [0.25, 0.3) is 0 Å². The lowest BCUT2D eigenvalue weighted by Crippen LogP contribution is -2.35. The summed E-state index contributed by atoms with van der Waals surface area (Å²) in [6.45, 7) is 19.2. The highest BCUT2D eigenvalue weighted by atomic mass is 16.5. The fraction of sp³-hybridized carbons (Fsp3) is 0.609. The van der Waals surface area contributed by atoms with Gasteiger partial charge in [-0.1, -0.05) is 80.1 Å². The van der Waals surface area contributed by atoms with Gasteiger partial charge >= 0.3 is 11.9 Å². The molecule has 0 fully saturated rings. The molecule has 0 heterocycles. The molecule has 0 saturated carbocycles. The molecule has 14 nitrogen and oxygen atoms in total. The van der Waals surface area contributed by atoms with E-state index in [0.717, 1.165) is 24.0 Å². The van der Waals surface area contributed by atoms with Crippen LogP contribution in [0.4, 0.5) is 0 Å². The third kappa shape index (κ3) is 29.9. The first-order chi connectivity index (χ1) is 28.5. The van der Waals surface area contributed by atoms with E-state index in [4.69, 9.17) is 29.2 Å². The van der Waals surface area contributed by atoms with Crippen LogP contribution < -0.4 is 20.1 Å². The summed E-state index contributed by atoms with van der Waals surface area (Å²) in [5, 5.41) is 42.0. The Balaban J connectivity index is 0.000000982. The number of aliphatic hydroxyl groups is 2. The van der Waals surface area contributed by atoms with Crippen LogP contribution in [0.2, 0.25) is 0 Å². The first-order valence-corrected chi connectivity index (χ1v) is 21.2. The number of ether oxygens (including phenoxy) is 4. The van der Waals surface area contributed by atoms with Gasteiger partial charge in [-0.15, -0.1) is 0 Å². The Labute approximate surface area is 358 Å². The molecule has 0 aliphatic rings. The van der Waals surface area contributed by atoms with Crippen LogP contribution >= 0.6 is 0 Å². The molecule has 14 heteroatoms. The number of hydrogen-bond acceptors (Lipinski definition) is 12. The predicted octanol–water partition coefficient (Wildman–Crippen LogP) is 7.16. The number of Topliss-reactive ketones (excluding diaryl/α,β-unsaturated/α-hetero) is 2. The molecule has 0 radical (unpaired) electrons. The number of aliphatic hydroxyl groups excluding tert-OH is 2. The van der Waals surface area contributed by atoms with Crippen molar-refractivity contribution in [3.05, 3.63) is 70.8 Å². The largest absolute Gasteiger partial charge is 0.490 e. The fourth-order valence-corrected chi connectivity index (χ4v) is 5.11. The van der Waals surface area contributed by atoms with Crippen LogP contribution in [0, 0.1) is 0 Å². The normalized spacial score (nSPS) is 12.0. The lowest BCUT2D eigenvalue weighted by molar-refractivity contribution is -0.134. The molecule has 6 N–H and O–H groups in total. The molecule has 340 valence electrons. The maximum absolute atomic E-state index is 11.6. The second-order valence-corrected chi connectivity index (χ2v) is 15.0. The molecule has 0 aromatic heterocycles. The maximum Gasteiger partial charge on any atom is 0.328 e. The quantitative estimate of drug-likeness (QED) is 0.0262. The van der Waals surface area contributed by atoms with Gasteiger partial charge in [-0.25, -0.2) is 9.59 Å². The molecule has 0 spiro atoms. The van der Waals surface area contributed by atoms with Crippen LogP contribution in [-0.4, -0.2) is 108 Å². The zero-order valence-corrected chi connectivity index (χ0v) is 37.3. The number of unbranched alkanes of at least 4 members (excludes halogenated alkanes) is 6. The third-order valence-corrected chi connectivity index (χ3v) is 8.49. The molecule has 0 saturated heterocycles. The van der Waals surface area contributed by atoms with E-state index in [1.54, 1.807) is 38.1 Å². The van der Waals surface area contributed by atoms with Gasteiger partial charge in [0.05, 0.1) is 13.2 Å². The van der Waals surface area contributed by atoms with Gasteiger partial charge < -0.3 is 50.0 Å². The van der Waals surface area contributed by atoms with Crippen molar-refractivity contribution < 1.29 is 58.6 Å². The molecule has 2 aromatic carbocycles. The Bertz CT molecular complexity index is 1420. The third-order valence-electron chi connectivity index (χ3n) is 8.49. The molecule has 2 aromatic rings. The van der Waals surface area contributed by atoms with Crippen LogP contribution in [0.1, 0.15) is 139 Å². The highest BCUT2D eigenvalue weighted by Gasteiger charge is 2.13. The summed E-state index contributed by atoms with van der Waals surface area (Å²) >= 11 is 0. The maximum atomic E-state index is 11.6. The lowest BCUT2D eigenvalue weighted by Gasteiger charge is -2.17. The van der Waals surface area contributed by atoms with Crippen LogP contribution in [-0.2, 0) is 32.3 Å². The zero-order valence-electron chi connectivity index (χ0n) is 37.3. The standard InChI is InChI=1S/2C21H35NO4.C4H4O4/c2*1-5-6-7-8-11-25-14-19-12-18(17(4)23)9-10-21(19)26-15-20(24)13-22-16(2)3;5-3(6)1-2-4(7)8/h2*9-10,12,16,20,22,24H,5-8,11,13-15H2,1-4H3;1-2H,(H,5,6)(H,7,8)/b;;2-1+. The predicted molar refractivity (Wildman–Crippen MR) is 234 cm³/mol. The number of carboxylic acids is 2. The highest BCUT2D eigenvalue weighted by Crippen LogP contribution is 2.23. The highest BCUT2D eigenvalue weighted by molar-refractivity contribution is 5.95. The molecule has 2 atom stereocenters. The number of hydrogen-bond donors (Lipinski definition) is 6. The van der Waals surface area contributed by atoms with E-state index in [9.17, 15) is 29.4 Å². The molecule has 0 amide bonds. The Hall–Kier alpha value is -4.18. The molecule has 2 rings (SSSR count). The summed E-state index contributed by atoms with van der Waals surface area (Å²) in [7, 11) is 0. The number of rotatable bonds is 30. The number of nitrogens with one attached hydrogen (secondary N) is 2. The van der Waals surface area contributed by atoms with Crippen molar-refractivity contribution >= 4 is 23.5 Å². The summed E-state index contributed by atoms with van der Waals surface area (Å²) < 4.78 is 23.1. The van der Waals surface area contributed by atoms with Gasteiger partial charge in [-0.3, -0.25) is 9.59 Å². The second-order valence-electron chi connectivity index (χ2n) is 15.0. The van der Waals surface area contributed by atoms with E-state index in [-0.39, 0.29) is 24.8 Å². The second kappa shape index (κ2) is 34.5. The number of ketones is 2. The number of benzene rings is 2. The van der Waals surface area contributed by atoms with E-state index in [1.165, 1.54) is 38.5 Å². The van der Waals surface area contributed by atoms with E-state index in [1.807, 2.05) is 39.8 Å². The minimum Gasteiger partial charge on any atom is -0.490 e. The van der Waals surface area contributed by atoms with Crippen LogP contribution in [0.5, 0.6) is 11.5 Å². The van der Waals surface area contributed by atoms with Crippen molar-refractivity contribution in [2.24, 2.45) is 0 Å². The van der Waals surface area contributed by atoms with Crippen LogP contribution in [0.3, 0.4) is 0 Å². The zero-order chi connectivity index (χ0) is 45.3. The number of aliphatic carboxylic acids is 2. The first-order valence-electron chi connectivity index (χ1n) is 21.2. The molecular weight excluding hydrogens is 773 g/mol. The van der Waals surface area contributed by atoms with Gasteiger partial charge in [0.25, 0.3) is 0 Å². The monoisotopic (exact) mass is 847 g/mol. The van der Waals surface area contributed by atoms with E-state index >= 15 is 0 Å². The average Bonchev–Trinajstić information content (AvgIpc) is 3.20. The number of carboxylic acid groups (broad SMARTS) is 2. The molecule has 0 aliphatic carbocycles. The van der Waals surface area contributed by atoms with Gasteiger partial charge in [-0.2, -0.15) is 0 Å². The molecule has 60 heavy (non-hydrogen) atoms. The first kappa shape index (κ1) is 55.8. The van der Waals surface area contributed by atoms with E-state index in [2.05, 4.69) is 24.5 Å². The smallest absolute Gasteiger partial charge is 0.328 e. The van der Waals surface area contributed by atoms with Crippen molar-refractivity contribution in [2.45, 2.75) is 144 Å². The summed E-state index contributed by atoms with van der Waals surface area (Å²) in [5.41, 5.74) is 2.97. The van der Waals surface area contributed by atoms with Crippen molar-refractivity contribution in [1.82, 2.24) is 10.6 Å². The Morgan fingerprint density at radius 2 is 0.967 bits per heavy atom.